The molecule has 2 atom stereocenters. The molecular weight excluding hydrogens is 230 g/mol. The molecule has 0 aromatic heterocycles. The van der Waals surface area contributed by atoms with Crippen LogP contribution in [0.5, 0.6) is 0 Å². The number of carbonyl (C=O) groups excluding carboxylic acids is 1. The van der Waals surface area contributed by atoms with Gasteiger partial charge in [-0.2, -0.15) is 0 Å². The van der Waals surface area contributed by atoms with Crippen LogP contribution in [0.2, 0.25) is 0 Å². The van der Waals surface area contributed by atoms with Gasteiger partial charge in [-0.25, -0.2) is 13.1 Å². The lowest BCUT2D eigenvalue weighted by atomic mass is 10.2. The van der Waals surface area contributed by atoms with Gasteiger partial charge in [0, 0.05) is 12.6 Å². The highest BCUT2D eigenvalue weighted by molar-refractivity contribution is 7.88. The lowest BCUT2D eigenvalue weighted by molar-refractivity contribution is -0.122. The second-order valence-electron chi connectivity index (χ2n) is 4.36. The average Bonchev–Trinajstić information content (AvgIpc) is 2.93. The van der Waals surface area contributed by atoms with Gasteiger partial charge in [0.05, 0.1) is 12.3 Å². The molecule has 6 nitrogen and oxygen atoms in total. The molecule has 0 spiro atoms. The first-order valence-electron chi connectivity index (χ1n) is 5.30. The van der Waals surface area contributed by atoms with Crippen LogP contribution >= 0.6 is 0 Å². The summed E-state index contributed by atoms with van der Waals surface area (Å²) in [6, 6.07) is -0.782. The summed E-state index contributed by atoms with van der Waals surface area (Å²) in [4.78, 5) is 11.5. The topological polar surface area (TPSA) is 101 Å². The van der Waals surface area contributed by atoms with Crippen molar-refractivity contribution >= 4 is 15.9 Å². The number of hydrogen-bond donors (Lipinski definition) is 3. The molecule has 0 aromatic rings. The second kappa shape index (κ2) is 5.11. The molecule has 4 N–H and O–H groups in total. The summed E-state index contributed by atoms with van der Waals surface area (Å²) >= 11 is 0. The van der Waals surface area contributed by atoms with Crippen LogP contribution in [-0.4, -0.2) is 39.2 Å². The zero-order chi connectivity index (χ0) is 12.3. The zero-order valence-corrected chi connectivity index (χ0v) is 10.4. The van der Waals surface area contributed by atoms with E-state index < -0.39 is 16.1 Å². The molecule has 0 saturated heterocycles. The van der Waals surface area contributed by atoms with Gasteiger partial charge in [-0.3, -0.25) is 4.79 Å². The third-order valence-corrected chi connectivity index (χ3v) is 3.31. The van der Waals surface area contributed by atoms with Gasteiger partial charge in [-0.1, -0.05) is 0 Å². The molecule has 7 heteroatoms. The molecule has 0 radical (unpaired) electrons. The van der Waals surface area contributed by atoms with Crippen molar-refractivity contribution in [1.82, 2.24) is 10.0 Å². The van der Waals surface area contributed by atoms with Crippen molar-refractivity contribution in [1.29, 1.82) is 0 Å². The van der Waals surface area contributed by atoms with E-state index in [9.17, 15) is 13.2 Å². The van der Waals surface area contributed by atoms with E-state index in [1.807, 2.05) is 0 Å². The first kappa shape index (κ1) is 13.4. The third-order valence-electron chi connectivity index (χ3n) is 2.52. The molecule has 0 aromatic carbocycles. The molecule has 0 aliphatic heterocycles. The lowest BCUT2D eigenvalue weighted by Crippen LogP contribution is -2.47. The minimum atomic E-state index is -3.35. The molecular formula is C9H19N3O3S. The second-order valence-corrected chi connectivity index (χ2v) is 6.14. The number of rotatable bonds is 6. The average molecular weight is 249 g/mol. The highest BCUT2D eigenvalue weighted by Crippen LogP contribution is 2.31. The van der Waals surface area contributed by atoms with E-state index in [1.54, 1.807) is 0 Å². The van der Waals surface area contributed by atoms with Crippen LogP contribution in [0, 0.1) is 5.92 Å². The van der Waals surface area contributed by atoms with E-state index in [2.05, 4.69) is 10.0 Å². The van der Waals surface area contributed by atoms with E-state index in [0.29, 0.717) is 12.5 Å². The summed E-state index contributed by atoms with van der Waals surface area (Å²) in [5, 5.41) is 2.64. The Hall–Kier alpha value is -0.660. The Bertz CT molecular complexity index is 351. The molecule has 1 amide bonds. The summed E-state index contributed by atoms with van der Waals surface area (Å²) < 4.78 is 24.0. The molecule has 1 aliphatic carbocycles. The fraction of sp³-hybridized carbons (Fsp3) is 0.889. The highest BCUT2D eigenvalue weighted by atomic mass is 32.2. The van der Waals surface area contributed by atoms with Gasteiger partial charge < -0.3 is 11.1 Å². The van der Waals surface area contributed by atoms with Crippen LogP contribution in [0.4, 0.5) is 0 Å². The van der Waals surface area contributed by atoms with E-state index in [0.717, 1.165) is 19.1 Å². The van der Waals surface area contributed by atoms with Crippen molar-refractivity contribution in [2.75, 3.05) is 12.8 Å². The SMILES string of the molecule is CC(NS(C)(=O)=O)C(=O)NCC(N)C1CC1. The predicted molar refractivity (Wildman–Crippen MR) is 61.2 cm³/mol. The van der Waals surface area contributed by atoms with Gasteiger partial charge in [0.15, 0.2) is 0 Å². The summed E-state index contributed by atoms with van der Waals surface area (Å²) in [5.74, 6) is 0.167. The molecule has 1 aliphatic rings. The summed E-state index contributed by atoms with van der Waals surface area (Å²) in [6.45, 7) is 1.90. The van der Waals surface area contributed by atoms with Gasteiger partial charge in [0.25, 0.3) is 0 Å². The van der Waals surface area contributed by atoms with Crippen molar-refractivity contribution in [3.63, 3.8) is 0 Å². The monoisotopic (exact) mass is 249 g/mol. The van der Waals surface area contributed by atoms with Crippen LogP contribution in [0.15, 0.2) is 0 Å². The Labute approximate surface area is 96.0 Å². The molecule has 1 saturated carbocycles. The first-order chi connectivity index (χ1) is 7.29. The number of hydrogen-bond acceptors (Lipinski definition) is 4. The standard InChI is InChI=1S/C9H19N3O3S/c1-6(12-16(2,14)15)9(13)11-5-8(10)7-3-4-7/h6-8,12H,3-5,10H2,1-2H3,(H,11,13). The maximum Gasteiger partial charge on any atom is 0.237 e. The molecule has 2 unspecified atom stereocenters. The van der Waals surface area contributed by atoms with Gasteiger partial charge in [-0.05, 0) is 25.7 Å². The summed E-state index contributed by atoms with van der Waals surface area (Å²) in [7, 11) is -3.35. The van der Waals surface area contributed by atoms with Crippen LogP contribution in [-0.2, 0) is 14.8 Å². The minimum Gasteiger partial charge on any atom is -0.353 e. The first-order valence-corrected chi connectivity index (χ1v) is 7.19. The molecule has 16 heavy (non-hydrogen) atoms. The Morgan fingerprint density at radius 2 is 2.06 bits per heavy atom. The van der Waals surface area contributed by atoms with E-state index in [1.165, 1.54) is 6.92 Å². The molecule has 1 fully saturated rings. The van der Waals surface area contributed by atoms with Gasteiger partial charge in [0.1, 0.15) is 0 Å². The third kappa shape index (κ3) is 4.91. The Balaban J connectivity index is 2.28. The van der Waals surface area contributed by atoms with Crippen LogP contribution in [0.25, 0.3) is 0 Å². The molecule has 0 heterocycles. The van der Waals surface area contributed by atoms with Crippen LogP contribution < -0.4 is 15.8 Å². The van der Waals surface area contributed by atoms with Gasteiger partial charge in [0.2, 0.25) is 15.9 Å². The molecule has 1 rings (SSSR count). The fourth-order valence-corrected chi connectivity index (χ4v) is 2.19. The number of nitrogens with two attached hydrogens (primary N) is 1. The molecule has 94 valence electrons. The zero-order valence-electron chi connectivity index (χ0n) is 9.56. The highest BCUT2D eigenvalue weighted by Gasteiger charge is 2.29. The maximum atomic E-state index is 11.5. The van der Waals surface area contributed by atoms with Crippen molar-refractivity contribution in [3.8, 4) is 0 Å². The van der Waals surface area contributed by atoms with Crippen molar-refractivity contribution in [2.45, 2.75) is 31.8 Å². The van der Waals surface area contributed by atoms with Crippen LogP contribution in [0.1, 0.15) is 19.8 Å². The van der Waals surface area contributed by atoms with Crippen molar-refractivity contribution in [2.24, 2.45) is 11.7 Å². The van der Waals surface area contributed by atoms with E-state index >= 15 is 0 Å². The molecule has 0 bridgehead atoms. The fourth-order valence-electron chi connectivity index (χ4n) is 1.44. The normalized spacial score (nSPS) is 20.2. The number of amides is 1. The smallest absolute Gasteiger partial charge is 0.237 e. The van der Waals surface area contributed by atoms with Gasteiger partial charge >= 0.3 is 0 Å². The quantitative estimate of drug-likeness (QED) is 0.549. The largest absolute Gasteiger partial charge is 0.353 e. The van der Waals surface area contributed by atoms with E-state index in [-0.39, 0.29) is 11.9 Å². The number of carbonyl (C=O) groups is 1. The summed E-state index contributed by atoms with van der Waals surface area (Å²) in [5.41, 5.74) is 5.80. The Morgan fingerprint density at radius 3 is 2.50 bits per heavy atom. The summed E-state index contributed by atoms with van der Waals surface area (Å²) in [6.07, 6.45) is 3.26. The maximum absolute atomic E-state index is 11.5. The number of nitrogens with one attached hydrogen (secondary N) is 2. The van der Waals surface area contributed by atoms with Crippen molar-refractivity contribution in [3.05, 3.63) is 0 Å². The number of sulfonamides is 1. The minimum absolute atomic E-state index is 0.0191. The lowest BCUT2D eigenvalue weighted by Gasteiger charge is -2.15. The van der Waals surface area contributed by atoms with Gasteiger partial charge in [-0.15, -0.1) is 0 Å². The van der Waals surface area contributed by atoms with Crippen molar-refractivity contribution < 1.29 is 13.2 Å². The van der Waals surface area contributed by atoms with Crippen LogP contribution in [0.3, 0.4) is 0 Å². The Morgan fingerprint density at radius 1 is 1.50 bits per heavy atom. The predicted octanol–water partition coefficient (Wildman–Crippen LogP) is -1.22. The Kier molecular flexibility index (Phi) is 4.28. The van der Waals surface area contributed by atoms with E-state index in [4.69, 9.17) is 5.73 Å².